The highest BCUT2D eigenvalue weighted by Gasteiger charge is 2.00. The molecular formula is C13H17FN2. The van der Waals surface area contributed by atoms with E-state index in [0.29, 0.717) is 0 Å². The molecule has 0 saturated carbocycles. The molecule has 0 fully saturated rings. The van der Waals surface area contributed by atoms with E-state index < -0.39 is 0 Å². The molecule has 0 aliphatic heterocycles. The second kappa shape index (κ2) is 6.67. The molecule has 0 unspecified atom stereocenters. The summed E-state index contributed by atoms with van der Waals surface area (Å²) in [6.45, 7) is 4.48. The fourth-order valence-corrected chi connectivity index (χ4v) is 1.32. The Balaban J connectivity index is 2.73. The fourth-order valence-electron chi connectivity index (χ4n) is 1.32. The summed E-state index contributed by atoms with van der Waals surface area (Å²) < 4.78 is 12.8. The van der Waals surface area contributed by atoms with Crippen LogP contribution in [-0.4, -0.2) is 13.6 Å². The lowest BCUT2D eigenvalue weighted by atomic mass is 10.1. The van der Waals surface area contributed by atoms with Crippen molar-refractivity contribution in [2.24, 2.45) is 0 Å². The maximum atomic E-state index is 12.8. The molecule has 0 aliphatic rings. The average molecular weight is 220 g/mol. The van der Waals surface area contributed by atoms with Crippen molar-refractivity contribution in [3.63, 3.8) is 0 Å². The summed E-state index contributed by atoms with van der Waals surface area (Å²) in [7, 11) is 1.83. The average Bonchev–Trinajstić information content (AvgIpc) is 2.29. The molecule has 0 spiro atoms. The first kappa shape index (κ1) is 12.3. The number of rotatable bonds is 6. The predicted octanol–water partition coefficient (Wildman–Crippen LogP) is 2.51. The van der Waals surface area contributed by atoms with Crippen LogP contribution in [0.1, 0.15) is 12.0 Å². The van der Waals surface area contributed by atoms with Crippen LogP contribution in [0.2, 0.25) is 0 Å². The Bertz CT molecular complexity index is 355. The van der Waals surface area contributed by atoms with Crippen molar-refractivity contribution in [2.75, 3.05) is 13.6 Å². The van der Waals surface area contributed by atoms with E-state index in [4.69, 9.17) is 0 Å². The third-order valence-corrected chi connectivity index (χ3v) is 2.11. The molecule has 0 atom stereocenters. The summed E-state index contributed by atoms with van der Waals surface area (Å²) in [5.74, 6) is -0.223. The van der Waals surface area contributed by atoms with Crippen molar-refractivity contribution in [1.82, 2.24) is 10.6 Å². The van der Waals surface area contributed by atoms with E-state index in [1.54, 1.807) is 12.1 Å². The fraction of sp³-hybridized carbons (Fsp3) is 0.231. The lowest BCUT2D eigenvalue weighted by Crippen LogP contribution is -2.15. The van der Waals surface area contributed by atoms with Gasteiger partial charge < -0.3 is 10.6 Å². The summed E-state index contributed by atoms with van der Waals surface area (Å²) in [6, 6.07) is 6.40. The normalized spacial score (nSPS) is 11.0. The minimum atomic E-state index is -0.223. The number of hydrogen-bond acceptors (Lipinski definition) is 2. The third kappa shape index (κ3) is 3.77. The Morgan fingerprint density at radius 1 is 1.38 bits per heavy atom. The summed E-state index contributed by atoms with van der Waals surface area (Å²) >= 11 is 0. The molecule has 0 aliphatic carbocycles. The largest absolute Gasteiger partial charge is 0.392 e. The van der Waals surface area contributed by atoms with Crippen LogP contribution in [0.4, 0.5) is 4.39 Å². The van der Waals surface area contributed by atoms with Gasteiger partial charge in [-0.05, 0) is 36.2 Å². The molecule has 86 valence electrons. The standard InChI is InChI=1S/C13H17FN2/c1-3-4-9-16-13(10-15-2)11-5-7-12(14)8-6-11/h3,5-8,10,15-16H,1,4,9H2,2H3/b13-10-. The van der Waals surface area contributed by atoms with Gasteiger partial charge in [-0.25, -0.2) is 4.39 Å². The van der Waals surface area contributed by atoms with Crippen LogP contribution in [0.25, 0.3) is 5.70 Å². The minimum absolute atomic E-state index is 0.223. The van der Waals surface area contributed by atoms with Gasteiger partial charge in [0.2, 0.25) is 0 Å². The molecule has 3 heteroatoms. The van der Waals surface area contributed by atoms with Gasteiger partial charge in [0.05, 0.1) is 5.70 Å². The van der Waals surface area contributed by atoms with Crippen molar-refractivity contribution >= 4 is 5.70 Å². The Hall–Kier alpha value is -1.77. The van der Waals surface area contributed by atoms with Gasteiger partial charge in [0.1, 0.15) is 5.82 Å². The predicted molar refractivity (Wildman–Crippen MR) is 66.3 cm³/mol. The first-order chi connectivity index (χ1) is 7.77. The maximum absolute atomic E-state index is 12.8. The Morgan fingerprint density at radius 2 is 2.06 bits per heavy atom. The third-order valence-electron chi connectivity index (χ3n) is 2.11. The van der Waals surface area contributed by atoms with Crippen molar-refractivity contribution in [1.29, 1.82) is 0 Å². The molecule has 16 heavy (non-hydrogen) atoms. The van der Waals surface area contributed by atoms with Crippen molar-refractivity contribution in [3.8, 4) is 0 Å². The monoisotopic (exact) mass is 220 g/mol. The molecule has 0 aromatic heterocycles. The van der Waals surface area contributed by atoms with Gasteiger partial charge in [0.25, 0.3) is 0 Å². The lowest BCUT2D eigenvalue weighted by Gasteiger charge is -2.10. The SMILES string of the molecule is C=CCCN/C(=C\NC)c1ccc(F)cc1. The van der Waals surface area contributed by atoms with Crippen molar-refractivity contribution in [2.45, 2.75) is 6.42 Å². The van der Waals surface area contributed by atoms with Gasteiger partial charge in [0.15, 0.2) is 0 Å². The summed E-state index contributed by atoms with van der Waals surface area (Å²) in [5.41, 5.74) is 1.91. The first-order valence-electron chi connectivity index (χ1n) is 5.26. The molecule has 0 saturated heterocycles. The molecule has 0 amide bonds. The van der Waals surface area contributed by atoms with Gasteiger partial charge in [-0.2, -0.15) is 0 Å². The van der Waals surface area contributed by atoms with Crippen LogP contribution < -0.4 is 10.6 Å². The first-order valence-corrected chi connectivity index (χ1v) is 5.26. The topological polar surface area (TPSA) is 24.1 Å². The van der Waals surface area contributed by atoms with Crippen LogP contribution in [0, 0.1) is 5.82 Å². The Morgan fingerprint density at radius 3 is 2.62 bits per heavy atom. The van der Waals surface area contributed by atoms with Crippen LogP contribution in [0.5, 0.6) is 0 Å². The Kier molecular flexibility index (Phi) is 5.12. The second-order valence-corrected chi connectivity index (χ2v) is 3.36. The summed E-state index contributed by atoms with van der Waals surface area (Å²) in [6.07, 6.45) is 4.60. The minimum Gasteiger partial charge on any atom is -0.392 e. The lowest BCUT2D eigenvalue weighted by molar-refractivity contribution is 0.627. The van der Waals surface area contributed by atoms with Crippen LogP contribution in [0.15, 0.2) is 43.1 Å². The summed E-state index contributed by atoms with van der Waals surface area (Å²) in [5, 5.41) is 6.23. The van der Waals surface area contributed by atoms with Gasteiger partial charge in [-0.1, -0.05) is 6.08 Å². The van der Waals surface area contributed by atoms with E-state index >= 15 is 0 Å². The molecular weight excluding hydrogens is 203 g/mol. The summed E-state index contributed by atoms with van der Waals surface area (Å²) in [4.78, 5) is 0. The van der Waals surface area contributed by atoms with Crippen LogP contribution in [-0.2, 0) is 0 Å². The number of halogens is 1. The Labute approximate surface area is 95.9 Å². The van der Waals surface area contributed by atoms with E-state index in [9.17, 15) is 4.39 Å². The van der Waals surface area contributed by atoms with E-state index in [2.05, 4.69) is 17.2 Å². The molecule has 2 N–H and O–H groups in total. The van der Waals surface area contributed by atoms with Crippen LogP contribution in [0.3, 0.4) is 0 Å². The van der Waals surface area contributed by atoms with Crippen LogP contribution >= 0.6 is 0 Å². The van der Waals surface area contributed by atoms with E-state index in [1.165, 1.54) is 12.1 Å². The highest BCUT2D eigenvalue weighted by Crippen LogP contribution is 2.11. The molecule has 1 aromatic rings. The second-order valence-electron chi connectivity index (χ2n) is 3.36. The van der Waals surface area contributed by atoms with Gasteiger partial charge >= 0.3 is 0 Å². The number of nitrogens with one attached hydrogen (secondary N) is 2. The van der Waals surface area contributed by atoms with E-state index in [1.807, 2.05) is 19.3 Å². The number of benzene rings is 1. The smallest absolute Gasteiger partial charge is 0.123 e. The maximum Gasteiger partial charge on any atom is 0.123 e. The van der Waals surface area contributed by atoms with E-state index in [0.717, 1.165) is 24.2 Å². The molecule has 2 nitrogen and oxygen atoms in total. The van der Waals surface area contributed by atoms with Crippen molar-refractivity contribution < 1.29 is 4.39 Å². The quantitative estimate of drug-likeness (QED) is 0.568. The van der Waals surface area contributed by atoms with Gasteiger partial charge in [-0.15, -0.1) is 6.58 Å². The number of hydrogen-bond donors (Lipinski definition) is 2. The zero-order valence-corrected chi connectivity index (χ0v) is 9.46. The van der Waals surface area contributed by atoms with E-state index in [-0.39, 0.29) is 5.82 Å². The molecule has 0 heterocycles. The molecule has 0 bridgehead atoms. The van der Waals surface area contributed by atoms with Gasteiger partial charge in [-0.3, -0.25) is 0 Å². The van der Waals surface area contributed by atoms with Gasteiger partial charge in [0, 0.05) is 19.8 Å². The molecule has 0 radical (unpaired) electrons. The van der Waals surface area contributed by atoms with Crippen molar-refractivity contribution in [3.05, 3.63) is 54.5 Å². The molecule has 1 rings (SSSR count). The highest BCUT2D eigenvalue weighted by molar-refractivity contribution is 5.63. The molecule has 1 aromatic carbocycles. The zero-order chi connectivity index (χ0) is 11.8. The zero-order valence-electron chi connectivity index (χ0n) is 9.46. The highest BCUT2D eigenvalue weighted by atomic mass is 19.1.